The monoisotopic (exact) mass is 447 g/mol. The van der Waals surface area contributed by atoms with Crippen LogP contribution >= 0.6 is 11.3 Å². The van der Waals surface area contributed by atoms with Gasteiger partial charge >= 0.3 is 0 Å². The number of methoxy groups -OCH3 is 1. The summed E-state index contributed by atoms with van der Waals surface area (Å²) in [6, 6.07) is 15.4. The smallest absolute Gasteiger partial charge is 0.261 e. The molecule has 3 heterocycles. The Bertz CT molecular complexity index is 1190. The average Bonchev–Trinajstić information content (AvgIpc) is 3.47. The van der Waals surface area contributed by atoms with Crippen molar-refractivity contribution in [3.63, 3.8) is 0 Å². The van der Waals surface area contributed by atoms with Crippen LogP contribution in [0, 0.1) is 0 Å². The lowest BCUT2D eigenvalue weighted by Gasteiger charge is -2.24. The van der Waals surface area contributed by atoms with Crippen LogP contribution in [0.3, 0.4) is 0 Å². The van der Waals surface area contributed by atoms with Gasteiger partial charge in [-0.1, -0.05) is 24.3 Å². The third-order valence-electron chi connectivity index (χ3n) is 5.92. The number of fused-ring (bicyclic) bond motifs is 2. The largest absolute Gasteiger partial charge is 0.497 e. The maximum atomic E-state index is 13.4. The number of rotatable bonds is 4. The van der Waals surface area contributed by atoms with E-state index < -0.39 is 12.1 Å². The first-order valence-corrected chi connectivity index (χ1v) is 11.2. The number of hydrogen-bond donors (Lipinski definition) is 2. The van der Waals surface area contributed by atoms with Crippen molar-refractivity contribution >= 4 is 34.7 Å². The molecule has 1 saturated heterocycles. The van der Waals surface area contributed by atoms with E-state index in [-0.39, 0.29) is 17.7 Å². The molecule has 2 aromatic carbocycles. The van der Waals surface area contributed by atoms with Crippen molar-refractivity contribution in [1.29, 1.82) is 0 Å². The van der Waals surface area contributed by atoms with Gasteiger partial charge in [0.05, 0.1) is 29.3 Å². The summed E-state index contributed by atoms with van der Waals surface area (Å²) in [5, 5.41) is 7.66. The molecule has 162 valence electrons. The number of nitrogens with zero attached hydrogens (tertiary/aromatic N) is 1. The van der Waals surface area contributed by atoms with E-state index in [0.29, 0.717) is 29.1 Å². The molecule has 8 heteroatoms. The number of ether oxygens (including phenoxy) is 1. The first-order chi connectivity index (χ1) is 15.5. The second kappa shape index (κ2) is 8.12. The minimum atomic E-state index is -0.747. The summed E-state index contributed by atoms with van der Waals surface area (Å²) in [6.45, 7) is 0.401. The van der Waals surface area contributed by atoms with Crippen molar-refractivity contribution < 1.29 is 19.1 Å². The number of carbonyl (C=O) groups excluding carboxylic acids is 3. The molecule has 7 nitrogen and oxygen atoms in total. The average molecular weight is 448 g/mol. The Labute approximate surface area is 189 Å². The van der Waals surface area contributed by atoms with Gasteiger partial charge in [-0.25, -0.2) is 0 Å². The summed E-state index contributed by atoms with van der Waals surface area (Å²) < 4.78 is 5.21. The molecule has 2 N–H and O–H groups in total. The van der Waals surface area contributed by atoms with E-state index in [1.807, 2.05) is 35.7 Å². The van der Waals surface area contributed by atoms with Gasteiger partial charge < -0.3 is 20.3 Å². The number of amides is 3. The van der Waals surface area contributed by atoms with Gasteiger partial charge in [0, 0.05) is 6.54 Å². The van der Waals surface area contributed by atoms with Crippen molar-refractivity contribution in [2.75, 3.05) is 19.0 Å². The Morgan fingerprint density at radius 2 is 1.91 bits per heavy atom. The molecule has 3 amide bonds. The number of anilines is 1. The second-order valence-electron chi connectivity index (χ2n) is 7.77. The molecule has 32 heavy (non-hydrogen) atoms. The maximum Gasteiger partial charge on any atom is 0.261 e. The summed E-state index contributed by atoms with van der Waals surface area (Å²) in [5.74, 6) is 0.0212. The van der Waals surface area contributed by atoms with E-state index >= 15 is 0 Å². The van der Waals surface area contributed by atoms with Gasteiger partial charge in [0.2, 0.25) is 5.91 Å². The van der Waals surface area contributed by atoms with Crippen molar-refractivity contribution in [3.8, 4) is 16.9 Å². The van der Waals surface area contributed by atoms with E-state index in [1.165, 1.54) is 11.3 Å². The Morgan fingerprint density at radius 1 is 1.12 bits per heavy atom. The quantitative estimate of drug-likeness (QED) is 0.642. The molecule has 2 aliphatic rings. The Balaban J connectivity index is 1.42. The Hall–Kier alpha value is -3.65. The third-order valence-corrected chi connectivity index (χ3v) is 6.79. The SMILES string of the molecule is COc1ccc(-c2ccc3c(c2)C(=O)N2CC[C@H](NC(=O)c4cccs4)[C@H]2C(=O)N3)cc1. The summed E-state index contributed by atoms with van der Waals surface area (Å²) in [7, 11) is 1.61. The minimum Gasteiger partial charge on any atom is -0.497 e. The molecule has 1 fully saturated rings. The lowest BCUT2D eigenvalue weighted by atomic mass is 10.0. The van der Waals surface area contributed by atoms with E-state index in [1.54, 1.807) is 36.3 Å². The van der Waals surface area contributed by atoms with Gasteiger partial charge in [0.1, 0.15) is 11.8 Å². The standard InChI is InChI=1S/C24H21N3O4S/c1-31-16-7-4-14(5-8-16)15-6-9-18-17(13-15)24(30)27-11-10-19(21(27)23(29)25-18)26-22(28)20-3-2-12-32-20/h2-9,12-13,19,21H,10-11H2,1H3,(H,25,29)(H,26,28)/t19-,21-/m0/s1. The van der Waals surface area contributed by atoms with Gasteiger partial charge in [-0.3, -0.25) is 14.4 Å². The predicted molar refractivity (Wildman–Crippen MR) is 122 cm³/mol. The molecular formula is C24H21N3O4S. The molecule has 0 spiro atoms. The van der Waals surface area contributed by atoms with Crippen LogP contribution in [0.5, 0.6) is 5.75 Å². The fraction of sp³-hybridized carbons (Fsp3) is 0.208. The minimum absolute atomic E-state index is 0.216. The zero-order valence-electron chi connectivity index (χ0n) is 17.3. The van der Waals surface area contributed by atoms with Crippen LogP contribution in [0.1, 0.15) is 26.5 Å². The van der Waals surface area contributed by atoms with Gasteiger partial charge in [0.15, 0.2) is 0 Å². The molecule has 3 aromatic rings. The summed E-state index contributed by atoms with van der Waals surface area (Å²) in [4.78, 5) is 41.1. The number of nitrogens with one attached hydrogen (secondary N) is 2. The van der Waals surface area contributed by atoms with Crippen molar-refractivity contribution in [1.82, 2.24) is 10.2 Å². The summed E-state index contributed by atoms with van der Waals surface area (Å²) in [6.07, 6.45) is 0.522. The van der Waals surface area contributed by atoms with Gasteiger partial charge in [-0.2, -0.15) is 0 Å². The summed E-state index contributed by atoms with van der Waals surface area (Å²) >= 11 is 1.34. The van der Waals surface area contributed by atoms with Crippen LogP contribution in [0.4, 0.5) is 5.69 Å². The Morgan fingerprint density at radius 3 is 2.62 bits per heavy atom. The fourth-order valence-electron chi connectivity index (χ4n) is 4.30. The van der Waals surface area contributed by atoms with Crippen LogP contribution in [-0.2, 0) is 4.79 Å². The maximum absolute atomic E-state index is 13.4. The number of hydrogen-bond acceptors (Lipinski definition) is 5. The van der Waals surface area contributed by atoms with E-state index in [2.05, 4.69) is 10.6 Å². The molecule has 0 radical (unpaired) electrons. The van der Waals surface area contributed by atoms with Gasteiger partial charge in [-0.15, -0.1) is 11.3 Å². The lowest BCUT2D eigenvalue weighted by Crippen LogP contribution is -2.51. The Kier molecular flexibility index (Phi) is 5.14. The van der Waals surface area contributed by atoms with E-state index in [0.717, 1.165) is 16.9 Å². The molecule has 5 rings (SSSR count). The topological polar surface area (TPSA) is 87.7 Å². The first kappa shape index (κ1) is 20.3. The van der Waals surface area contributed by atoms with Crippen molar-refractivity contribution in [3.05, 3.63) is 70.4 Å². The zero-order valence-corrected chi connectivity index (χ0v) is 18.1. The van der Waals surface area contributed by atoms with Crippen LogP contribution in [-0.4, -0.2) is 48.4 Å². The molecule has 0 bridgehead atoms. The highest BCUT2D eigenvalue weighted by atomic mass is 32.1. The predicted octanol–water partition coefficient (Wildman–Crippen LogP) is 3.39. The molecular weight excluding hydrogens is 426 g/mol. The zero-order chi connectivity index (χ0) is 22.2. The number of thiophene rings is 1. The molecule has 2 atom stereocenters. The van der Waals surface area contributed by atoms with Gasteiger partial charge in [-0.05, 0) is 53.3 Å². The van der Waals surface area contributed by atoms with Gasteiger partial charge in [0.25, 0.3) is 11.8 Å². The van der Waals surface area contributed by atoms with E-state index in [4.69, 9.17) is 4.74 Å². The first-order valence-electron chi connectivity index (χ1n) is 10.3. The third kappa shape index (κ3) is 3.52. The lowest BCUT2D eigenvalue weighted by molar-refractivity contribution is -0.120. The fourth-order valence-corrected chi connectivity index (χ4v) is 4.92. The number of carbonyl (C=O) groups is 3. The summed E-state index contributed by atoms with van der Waals surface area (Å²) in [5.41, 5.74) is 2.74. The highest BCUT2D eigenvalue weighted by Crippen LogP contribution is 2.33. The highest BCUT2D eigenvalue weighted by Gasteiger charge is 2.45. The van der Waals surface area contributed by atoms with Crippen LogP contribution in [0.2, 0.25) is 0 Å². The highest BCUT2D eigenvalue weighted by molar-refractivity contribution is 7.12. The molecule has 1 aromatic heterocycles. The van der Waals surface area contributed by atoms with Crippen molar-refractivity contribution in [2.24, 2.45) is 0 Å². The molecule has 0 aliphatic carbocycles. The van der Waals surface area contributed by atoms with Crippen LogP contribution < -0.4 is 15.4 Å². The van der Waals surface area contributed by atoms with Crippen LogP contribution in [0.25, 0.3) is 11.1 Å². The normalized spacial score (nSPS) is 19.6. The molecule has 2 aliphatic heterocycles. The molecule has 0 saturated carbocycles. The van der Waals surface area contributed by atoms with Crippen LogP contribution in [0.15, 0.2) is 60.0 Å². The van der Waals surface area contributed by atoms with E-state index in [9.17, 15) is 14.4 Å². The molecule has 0 unspecified atom stereocenters. The number of benzene rings is 2. The second-order valence-corrected chi connectivity index (χ2v) is 8.72. The van der Waals surface area contributed by atoms with Crippen molar-refractivity contribution in [2.45, 2.75) is 18.5 Å².